The third-order valence-electron chi connectivity index (χ3n) is 5.80. The Bertz CT molecular complexity index is 1650. The first-order chi connectivity index (χ1) is 18.6. The fourth-order valence-electron chi connectivity index (χ4n) is 4.08. The standard InChI is InChI=1S/C25H16Cl3FN4O3S3/c1-10-22(38-11(2)30-10)20(34)18-19(17-14(27)4-3-5-16(17)29)33(23(36)21(18)35)24-31-32-25(39-24)37-9-12-6-7-13(26)8-15(12)28/h3-8,19,35H,9H2,1-2H3. The number of anilines is 1. The number of carbonyl (C=O) groups is 2. The Morgan fingerprint density at radius 3 is 2.56 bits per heavy atom. The molecule has 14 heteroatoms. The summed E-state index contributed by atoms with van der Waals surface area (Å²) in [5.74, 6) is -2.69. The average molecular weight is 642 g/mol. The van der Waals surface area contributed by atoms with Gasteiger partial charge in [0, 0.05) is 26.4 Å². The largest absolute Gasteiger partial charge is 0.503 e. The lowest BCUT2D eigenvalue weighted by Gasteiger charge is -2.25. The second-order valence-corrected chi connectivity index (χ2v) is 13.0. The average Bonchev–Trinajstić information content (AvgIpc) is 3.54. The predicted molar refractivity (Wildman–Crippen MR) is 153 cm³/mol. The van der Waals surface area contributed by atoms with Crippen molar-refractivity contribution in [1.29, 1.82) is 0 Å². The number of aliphatic hydroxyl groups excluding tert-OH is 1. The summed E-state index contributed by atoms with van der Waals surface area (Å²) in [7, 11) is 0. The molecule has 39 heavy (non-hydrogen) atoms. The molecule has 0 bridgehead atoms. The highest BCUT2D eigenvalue weighted by atomic mass is 35.5. The summed E-state index contributed by atoms with van der Waals surface area (Å²) in [6.07, 6.45) is 0. The molecule has 0 aliphatic carbocycles. The number of rotatable bonds is 7. The van der Waals surface area contributed by atoms with Gasteiger partial charge in [0.15, 0.2) is 10.1 Å². The van der Waals surface area contributed by atoms with Crippen molar-refractivity contribution in [2.24, 2.45) is 0 Å². The Hall–Kier alpha value is -2.54. The van der Waals surface area contributed by atoms with E-state index in [2.05, 4.69) is 15.2 Å². The van der Waals surface area contributed by atoms with E-state index in [1.54, 1.807) is 32.0 Å². The summed E-state index contributed by atoms with van der Waals surface area (Å²) in [4.78, 5) is 32.6. The zero-order chi connectivity index (χ0) is 28.0. The Labute approximate surface area is 249 Å². The normalized spacial score (nSPS) is 15.5. The molecular weight excluding hydrogens is 626 g/mol. The fraction of sp³-hybridized carbons (Fsp3) is 0.160. The quantitative estimate of drug-likeness (QED) is 0.125. The van der Waals surface area contributed by atoms with Crippen molar-refractivity contribution < 1.29 is 19.1 Å². The van der Waals surface area contributed by atoms with Crippen LogP contribution in [0.5, 0.6) is 0 Å². The number of carbonyl (C=O) groups excluding carboxylic acids is 2. The number of thiazole rings is 1. The highest BCUT2D eigenvalue weighted by Gasteiger charge is 2.48. The third kappa shape index (κ3) is 5.31. The van der Waals surface area contributed by atoms with Crippen molar-refractivity contribution in [2.45, 2.75) is 30.0 Å². The van der Waals surface area contributed by atoms with E-state index in [1.807, 2.05) is 0 Å². The molecule has 0 radical (unpaired) electrons. The number of benzene rings is 2. The van der Waals surface area contributed by atoms with Gasteiger partial charge in [0.1, 0.15) is 11.9 Å². The zero-order valence-electron chi connectivity index (χ0n) is 20.0. The number of aromatic nitrogens is 3. The molecule has 4 aromatic rings. The molecule has 7 nitrogen and oxygen atoms in total. The van der Waals surface area contributed by atoms with E-state index in [1.165, 1.54) is 30.0 Å². The van der Waals surface area contributed by atoms with Crippen LogP contribution >= 0.6 is 69.2 Å². The van der Waals surface area contributed by atoms with E-state index in [0.717, 1.165) is 33.1 Å². The number of amides is 1. The minimum Gasteiger partial charge on any atom is -0.503 e. The van der Waals surface area contributed by atoms with Gasteiger partial charge in [0.25, 0.3) is 5.91 Å². The molecule has 0 spiro atoms. The molecule has 1 amide bonds. The maximum atomic E-state index is 15.2. The SMILES string of the molecule is Cc1nc(C)c(C(=O)C2=C(O)C(=O)N(c3nnc(SCc4ccc(Cl)cc4Cl)s3)C2c2c(F)cccc2Cl)s1. The molecular formula is C25H16Cl3FN4O3S3. The van der Waals surface area contributed by atoms with Crippen LogP contribution in [0.4, 0.5) is 9.52 Å². The van der Waals surface area contributed by atoms with Crippen LogP contribution in [0, 0.1) is 19.7 Å². The summed E-state index contributed by atoms with van der Waals surface area (Å²) in [6.45, 7) is 3.38. The fourth-order valence-corrected chi connectivity index (χ4v) is 7.65. The van der Waals surface area contributed by atoms with Crippen LogP contribution in [0.3, 0.4) is 0 Å². The summed E-state index contributed by atoms with van der Waals surface area (Å²) in [6, 6.07) is 7.79. The van der Waals surface area contributed by atoms with Gasteiger partial charge >= 0.3 is 0 Å². The molecule has 1 aliphatic rings. The van der Waals surface area contributed by atoms with Crippen LogP contribution in [0.1, 0.15) is 37.5 Å². The Morgan fingerprint density at radius 2 is 1.90 bits per heavy atom. The van der Waals surface area contributed by atoms with Gasteiger partial charge in [-0.3, -0.25) is 14.5 Å². The van der Waals surface area contributed by atoms with Gasteiger partial charge < -0.3 is 5.11 Å². The van der Waals surface area contributed by atoms with Gasteiger partial charge in [0.2, 0.25) is 10.9 Å². The van der Waals surface area contributed by atoms with E-state index < -0.39 is 29.3 Å². The van der Waals surface area contributed by atoms with Gasteiger partial charge in [-0.2, -0.15) is 0 Å². The molecule has 1 atom stereocenters. The van der Waals surface area contributed by atoms with Gasteiger partial charge in [-0.25, -0.2) is 9.37 Å². The number of aliphatic hydroxyl groups is 1. The zero-order valence-corrected chi connectivity index (χ0v) is 24.8. The number of aryl methyl sites for hydroxylation is 2. The lowest BCUT2D eigenvalue weighted by molar-refractivity contribution is -0.117. The number of hydrogen-bond acceptors (Lipinski definition) is 9. The van der Waals surface area contributed by atoms with Crippen molar-refractivity contribution in [3.63, 3.8) is 0 Å². The van der Waals surface area contributed by atoms with Gasteiger partial charge in [0.05, 0.1) is 21.2 Å². The van der Waals surface area contributed by atoms with E-state index in [0.29, 0.717) is 30.8 Å². The molecule has 1 N–H and O–H groups in total. The number of ketones is 1. The number of halogens is 4. The second-order valence-electron chi connectivity index (χ2n) is 8.33. The molecule has 0 saturated carbocycles. The van der Waals surface area contributed by atoms with Crippen LogP contribution in [-0.4, -0.2) is 32.0 Å². The minimum absolute atomic E-state index is 0.0218. The maximum absolute atomic E-state index is 15.2. The Morgan fingerprint density at radius 1 is 1.13 bits per heavy atom. The van der Waals surface area contributed by atoms with E-state index in [4.69, 9.17) is 34.8 Å². The number of thioether (sulfide) groups is 1. The molecule has 5 rings (SSSR count). The van der Waals surface area contributed by atoms with Gasteiger partial charge in [-0.15, -0.1) is 21.5 Å². The Balaban J connectivity index is 1.54. The monoisotopic (exact) mass is 640 g/mol. The number of nitrogens with zero attached hydrogens (tertiary/aromatic N) is 4. The van der Waals surface area contributed by atoms with Crippen LogP contribution in [0.25, 0.3) is 0 Å². The van der Waals surface area contributed by atoms with Gasteiger partial charge in [-0.05, 0) is 43.7 Å². The smallest absolute Gasteiger partial charge is 0.296 e. The molecule has 1 aliphatic heterocycles. The molecule has 1 unspecified atom stereocenters. The molecule has 3 heterocycles. The van der Waals surface area contributed by atoms with E-state index in [9.17, 15) is 14.7 Å². The molecule has 0 fully saturated rings. The highest BCUT2D eigenvalue weighted by molar-refractivity contribution is 8.00. The second kappa shape index (κ2) is 11.1. The van der Waals surface area contributed by atoms with Crippen LogP contribution < -0.4 is 4.90 Å². The van der Waals surface area contributed by atoms with Crippen molar-refractivity contribution >= 4 is 86.1 Å². The number of Topliss-reactive ketones (excluding diaryl/α,β-unsaturated/α-hetero) is 1. The van der Waals surface area contributed by atoms with E-state index in [-0.39, 0.29) is 26.2 Å². The molecule has 200 valence electrons. The molecule has 2 aromatic heterocycles. The van der Waals surface area contributed by atoms with Crippen molar-refractivity contribution in [2.75, 3.05) is 4.90 Å². The maximum Gasteiger partial charge on any atom is 0.296 e. The van der Waals surface area contributed by atoms with E-state index >= 15 is 4.39 Å². The topological polar surface area (TPSA) is 96.3 Å². The third-order valence-corrected chi connectivity index (χ3v) is 9.90. The van der Waals surface area contributed by atoms with Gasteiger partial charge in [-0.1, -0.05) is 70.0 Å². The summed E-state index contributed by atoms with van der Waals surface area (Å²) < 4.78 is 15.7. The summed E-state index contributed by atoms with van der Waals surface area (Å²) in [5, 5.41) is 20.9. The predicted octanol–water partition coefficient (Wildman–Crippen LogP) is 7.79. The summed E-state index contributed by atoms with van der Waals surface area (Å²) in [5.41, 5.74) is 0.799. The minimum atomic E-state index is -1.38. The first kappa shape index (κ1) is 28.0. The van der Waals surface area contributed by atoms with Crippen LogP contribution in [-0.2, 0) is 10.5 Å². The van der Waals surface area contributed by atoms with Crippen molar-refractivity contribution in [3.8, 4) is 0 Å². The summed E-state index contributed by atoms with van der Waals surface area (Å²) >= 11 is 22.1. The molecule has 0 saturated heterocycles. The lowest BCUT2D eigenvalue weighted by atomic mass is 9.94. The highest BCUT2D eigenvalue weighted by Crippen LogP contribution is 2.47. The van der Waals surface area contributed by atoms with Crippen LogP contribution in [0.15, 0.2) is 52.1 Å². The van der Waals surface area contributed by atoms with Crippen molar-refractivity contribution in [3.05, 3.63) is 95.3 Å². The first-order valence-electron chi connectivity index (χ1n) is 11.2. The lowest BCUT2D eigenvalue weighted by Crippen LogP contribution is -2.31. The number of hydrogen-bond donors (Lipinski definition) is 1. The Kier molecular flexibility index (Phi) is 8.01. The van der Waals surface area contributed by atoms with Crippen molar-refractivity contribution in [1.82, 2.24) is 15.2 Å². The first-order valence-corrected chi connectivity index (χ1v) is 14.9. The van der Waals surface area contributed by atoms with Crippen LogP contribution in [0.2, 0.25) is 15.1 Å². The molecule has 2 aromatic carbocycles.